The van der Waals surface area contributed by atoms with Crippen LogP contribution in [0.1, 0.15) is 28.4 Å². The van der Waals surface area contributed by atoms with E-state index in [4.69, 9.17) is 0 Å². The molecule has 1 aliphatic rings. The minimum absolute atomic E-state index is 0.219. The zero-order chi connectivity index (χ0) is 20.6. The zero-order valence-corrected chi connectivity index (χ0v) is 16.3. The van der Waals surface area contributed by atoms with Crippen molar-refractivity contribution in [1.82, 2.24) is 14.9 Å². The summed E-state index contributed by atoms with van der Waals surface area (Å²) in [6, 6.07) is 8.44. The number of nitrogens with zero attached hydrogens (tertiary/aromatic N) is 2. The summed E-state index contributed by atoms with van der Waals surface area (Å²) in [5, 5.41) is 7.41. The Hall–Kier alpha value is -3.07. The Labute approximate surface area is 169 Å². The molecule has 1 aromatic carbocycles. The van der Waals surface area contributed by atoms with Crippen LogP contribution >= 0.6 is 11.3 Å². The van der Waals surface area contributed by atoms with Gasteiger partial charge < -0.3 is 15.2 Å². The lowest BCUT2D eigenvalue weighted by atomic mass is 10.1. The van der Waals surface area contributed by atoms with Crippen molar-refractivity contribution in [1.29, 1.82) is 0 Å². The molecule has 6 nitrogen and oxygen atoms in total. The zero-order valence-electron chi connectivity index (χ0n) is 15.5. The van der Waals surface area contributed by atoms with E-state index in [2.05, 4.69) is 15.6 Å². The molecule has 0 radical (unpaired) electrons. The number of carbonyl (C=O) groups excluding carboxylic acids is 2. The number of hydrogen-bond donors (Lipinski definition) is 2. The number of halogens is 2. The molecule has 1 aliphatic carbocycles. The maximum atomic E-state index is 13.1. The van der Waals surface area contributed by atoms with Crippen LogP contribution in [0.3, 0.4) is 0 Å². The normalized spacial score (nSPS) is 17.0. The van der Waals surface area contributed by atoms with Gasteiger partial charge in [-0.3, -0.25) is 9.59 Å². The highest BCUT2D eigenvalue weighted by atomic mass is 32.1. The predicted molar refractivity (Wildman–Crippen MR) is 106 cm³/mol. The molecule has 2 amide bonds. The molecule has 0 bridgehead atoms. The summed E-state index contributed by atoms with van der Waals surface area (Å²) in [7, 11) is 0. The third-order valence-corrected chi connectivity index (χ3v) is 5.36. The van der Waals surface area contributed by atoms with Gasteiger partial charge in [0, 0.05) is 29.8 Å². The molecule has 2 N–H and O–H groups in total. The van der Waals surface area contributed by atoms with Crippen LogP contribution in [0.25, 0.3) is 11.3 Å². The second kappa shape index (κ2) is 7.40. The van der Waals surface area contributed by atoms with Crippen LogP contribution < -0.4 is 10.6 Å². The van der Waals surface area contributed by atoms with E-state index in [1.165, 1.54) is 34.4 Å². The molecule has 0 saturated heterocycles. The summed E-state index contributed by atoms with van der Waals surface area (Å²) < 4.78 is 27.5. The Morgan fingerprint density at radius 1 is 1.34 bits per heavy atom. The third kappa shape index (κ3) is 4.34. The van der Waals surface area contributed by atoms with Crippen LogP contribution in [0.2, 0.25) is 0 Å². The van der Waals surface area contributed by atoms with Gasteiger partial charge in [0.05, 0.1) is 17.8 Å². The fourth-order valence-corrected chi connectivity index (χ4v) is 3.69. The Balaban J connectivity index is 1.30. The van der Waals surface area contributed by atoms with Crippen molar-refractivity contribution in [2.24, 2.45) is 0 Å². The number of hydrogen-bond acceptors (Lipinski definition) is 4. The third-order valence-electron chi connectivity index (χ3n) is 4.60. The monoisotopic (exact) mass is 416 g/mol. The lowest BCUT2D eigenvalue weighted by molar-refractivity contribution is -0.115. The Morgan fingerprint density at radius 3 is 2.86 bits per heavy atom. The molecule has 4 rings (SSSR count). The first-order valence-electron chi connectivity index (χ1n) is 8.98. The first kappa shape index (κ1) is 19.3. The molecule has 150 valence electrons. The first-order chi connectivity index (χ1) is 13.8. The van der Waals surface area contributed by atoms with Crippen molar-refractivity contribution in [3.63, 3.8) is 0 Å². The Morgan fingerprint density at radius 2 is 2.14 bits per heavy atom. The molecule has 2 aromatic heterocycles. The highest BCUT2D eigenvalue weighted by Crippen LogP contribution is 2.52. The quantitative estimate of drug-likeness (QED) is 0.641. The summed E-state index contributed by atoms with van der Waals surface area (Å²) in [5.41, 5.74) is 3.07. The number of aromatic nitrogens is 2. The number of carbonyl (C=O) groups is 2. The van der Waals surface area contributed by atoms with Crippen LogP contribution in [0.4, 0.5) is 13.9 Å². The lowest BCUT2D eigenvalue weighted by Gasteiger charge is -2.04. The summed E-state index contributed by atoms with van der Waals surface area (Å²) in [4.78, 5) is 28.6. The number of rotatable bonds is 6. The van der Waals surface area contributed by atoms with Crippen LogP contribution in [0, 0.1) is 6.92 Å². The van der Waals surface area contributed by atoms with Crippen molar-refractivity contribution < 1.29 is 18.4 Å². The number of aryl methyl sites for hydroxylation is 1. The topological polar surface area (TPSA) is 76.0 Å². The summed E-state index contributed by atoms with van der Waals surface area (Å²) >= 11 is 1.29. The highest BCUT2D eigenvalue weighted by molar-refractivity contribution is 7.14. The van der Waals surface area contributed by atoms with Gasteiger partial charge in [0.1, 0.15) is 6.04 Å². The molecule has 9 heteroatoms. The van der Waals surface area contributed by atoms with Crippen molar-refractivity contribution in [2.45, 2.75) is 25.3 Å². The minimum atomic E-state index is -2.71. The molecular formula is C20H18F2N4O2S. The smallest absolute Gasteiger partial charge is 0.270 e. The van der Waals surface area contributed by atoms with Gasteiger partial charge in [-0.15, -0.1) is 11.3 Å². The lowest BCUT2D eigenvalue weighted by Crippen LogP contribution is -2.32. The molecule has 1 atom stereocenters. The largest absolute Gasteiger partial charge is 0.344 e. The van der Waals surface area contributed by atoms with Gasteiger partial charge in [-0.05, 0) is 19.1 Å². The van der Waals surface area contributed by atoms with Crippen molar-refractivity contribution >= 4 is 28.3 Å². The predicted octanol–water partition coefficient (Wildman–Crippen LogP) is 3.87. The minimum Gasteiger partial charge on any atom is -0.344 e. The fourth-order valence-electron chi connectivity index (χ4n) is 2.96. The Bertz CT molecular complexity index is 1080. The van der Waals surface area contributed by atoms with Gasteiger partial charge >= 0.3 is 0 Å². The number of alkyl halides is 2. The molecule has 1 fully saturated rings. The SMILES string of the molecule is Cc1cccc(-c2csc(NC(=O)CNC(=O)c3ccn(C4CC4(F)F)c3)n2)c1. The van der Waals surface area contributed by atoms with Crippen molar-refractivity contribution in [3.8, 4) is 11.3 Å². The van der Waals surface area contributed by atoms with Crippen LogP contribution in [-0.4, -0.2) is 33.8 Å². The molecular weight excluding hydrogens is 398 g/mol. The number of benzene rings is 1. The molecule has 2 heterocycles. The van der Waals surface area contributed by atoms with Gasteiger partial charge in [-0.25, -0.2) is 13.8 Å². The average Bonchev–Trinajstić information content (AvgIpc) is 3.09. The number of anilines is 1. The van der Waals surface area contributed by atoms with E-state index < -0.39 is 23.8 Å². The molecule has 0 aliphatic heterocycles. The number of nitrogens with one attached hydrogen (secondary N) is 2. The maximum Gasteiger partial charge on any atom is 0.270 e. The standard InChI is InChI=1S/C20H18F2N4O2S/c1-12-3-2-4-13(7-12)15-11-29-19(24-15)25-17(27)9-23-18(28)14-5-6-26(10-14)16-8-20(16,21)22/h2-7,10-11,16H,8-9H2,1H3,(H,23,28)(H,24,25,27). The molecule has 1 unspecified atom stereocenters. The molecule has 0 spiro atoms. The van der Waals surface area contributed by atoms with Gasteiger partial charge in [0.25, 0.3) is 11.8 Å². The fraction of sp³-hybridized carbons (Fsp3) is 0.250. The van der Waals surface area contributed by atoms with Crippen LogP contribution in [-0.2, 0) is 4.79 Å². The number of thiazole rings is 1. The van der Waals surface area contributed by atoms with Crippen molar-refractivity contribution in [2.75, 3.05) is 11.9 Å². The molecule has 3 aromatic rings. The second-order valence-electron chi connectivity index (χ2n) is 6.97. The average molecular weight is 416 g/mol. The first-order valence-corrected chi connectivity index (χ1v) is 9.86. The van der Waals surface area contributed by atoms with E-state index in [9.17, 15) is 18.4 Å². The Kier molecular flexibility index (Phi) is 4.91. The molecule has 1 saturated carbocycles. The van der Waals surface area contributed by atoms with Gasteiger partial charge in [0.2, 0.25) is 5.91 Å². The summed E-state index contributed by atoms with van der Waals surface area (Å²) in [5.74, 6) is -3.63. The van der Waals surface area contributed by atoms with E-state index in [1.54, 1.807) is 0 Å². The van der Waals surface area contributed by atoms with E-state index in [-0.39, 0.29) is 18.5 Å². The van der Waals surface area contributed by atoms with Gasteiger partial charge in [0.15, 0.2) is 5.13 Å². The van der Waals surface area contributed by atoms with E-state index in [0.717, 1.165) is 16.8 Å². The number of amides is 2. The summed E-state index contributed by atoms with van der Waals surface area (Å²) in [6.45, 7) is 1.74. The van der Waals surface area contributed by atoms with Gasteiger partial charge in [-0.1, -0.05) is 23.8 Å². The van der Waals surface area contributed by atoms with E-state index in [1.807, 2.05) is 36.6 Å². The highest BCUT2D eigenvalue weighted by Gasteiger charge is 2.58. The van der Waals surface area contributed by atoms with Crippen LogP contribution in [0.5, 0.6) is 0 Å². The van der Waals surface area contributed by atoms with Gasteiger partial charge in [-0.2, -0.15) is 0 Å². The second-order valence-corrected chi connectivity index (χ2v) is 7.82. The summed E-state index contributed by atoms with van der Waals surface area (Å²) in [6.07, 6.45) is 2.60. The van der Waals surface area contributed by atoms with Crippen molar-refractivity contribution in [3.05, 3.63) is 59.2 Å². The maximum absolute atomic E-state index is 13.1. The molecule has 29 heavy (non-hydrogen) atoms. The van der Waals surface area contributed by atoms with E-state index >= 15 is 0 Å². The van der Waals surface area contributed by atoms with Crippen LogP contribution in [0.15, 0.2) is 48.1 Å². The van der Waals surface area contributed by atoms with E-state index in [0.29, 0.717) is 5.13 Å².